The van der Waals surface area contributed by atoms with Crippen LogP contribution in [-0.4, -0.2) is 24.4 Å². The van der Waals surface area contributed by atoms with E-state index >= 15 is 0 Å². The van der Waals surface area contributed by atoms with E-state index in [9.17, 15) is 0 Å². The number of aliphatic hydroxyl groups excluding tert-OH is 1. The summed E-state index contributed by atoms with van der Waals surface area (Å²) in [7, 11) is 0. The molecule has 0 radical (unpaired) electrons. The molecule has 0 aliphatic carbocycles. The van der Waals surface area contributed by atoms with Crippen molar-refractivity contribution in [1.82, 2.24) is 0 Å². The summed E-state index contributed by atoms with van der Waals surface area (Å²) in [6.07, 6.45) is 0.312. The molecule has 2 heteroatoms. The summed E-state index contributed by atoms with van der Waals surface area (Å²) in [6, 6.07) is 0. The van der Waals surface area contributed by atoms with E-state index in [4.69, 9.17) is 9.84 Å². The molecule has 0 amide bonds. The largest absolute Gasteiger partial charge is 0.396 e. The van der Waals surface area contributed by atoms with Gasteiger partial charge in [0.05, 0.1) is 19.3 Å². The van der Waals surface area contributed by atoms with Gasteiger partial charge in [-0.1, -0.05) is 13.8 Å². The Morgan fingerprint density at radius 1 is 1.75 bits per heavy atom. The molecule has 1 heterocycles. The Balaban J connectivity index is 2.37. The smallest absolute Gasteiger partial charge is 0.0882 e. The molecule has 1 aliphatic rings. The minimum absolute atomic E-state index is 0.0139. The highest BCUT2D eigenvalue weighted by atomic mass is 16.6. The predicted molar refractivity (Wildman–Crippen MR) is 30.6 cm³/mol. The third-order valence-electron chi connectivity index (χ3n) is 1.61. The molecule has 1 rings (SSSR count). The first-order valence-corrected chi connectivity index (χ1v) is 2.89. The van der Waals surface area contributed by atoms with Crippen LogP contribution >= 0.6 is 0 Å². The summed E-state index contributed by atoms with van der Waals surface area (Å²) in [5.74, 6) is 0. The van der Waals surface area contributed by atoms with E-state index < -0.39 is 0 Å². The van der Waals surface area contributed by atoms with Gasteiger partial charge in [-0.15, -0.1) is 0 Å². The zero-order valence-electron chi connectivity index (χ0n) is 5.35. The molecular weight excluding hydrogens is 104 g/mol. The first kappa shape index (κ1) is 6.05. The van der Waals surface area contributed by atoms with Crippen LogP contribution in [0.25, 0.3) is 0 Å². The molecule has 1 aliphatic heterocycles. The van der Waals surface area contributed by atoms with Gasteiger partial charge in [-0.25, -0.2) is 0 Å². The highest BCUT2D eigenvalue weighted by Crippen LogP contribution is 2.30. The van der Waals surface area contributed by atoms with Crippen LogP contribution in [0.2, 0.25) is 0 Å². The van der Waals surface area contributed by atoms with Crippen molar-refractivity contribution in [3.63, 3.8) is 0 Å². The molecule has 0 saturated carbocycles. The van der Waals surface area contributed by atoms with Crippen molar-refractivity contribution in [3.8, 4) is 0 Å². The van der Waals surface area contributed by atoms with Crippen LogP contribution in [0.4, 0.5) is 0 Å². The van der Waals surface area contributed by atoms with Crippen molar-refractivity contribution in [3.05, 3.63) is 0 Å². The van der Waals surface area contributed by atoms with Gasteiger partial charge < -0.3 is 9.84 Å². The van der Waals surface area contributed by atoms with Gasteiger partial charge in [0.25, 0.3) is 0 Å². The fourth-order valence-electron chi connectivity index (χ4n) is 0.601. The zero-order valence-corrected chi connectivity index (χ0v) is 5.35. The van der Waals surface area contributed by atoms with Crippen molar-refractivity contribution in [2.45, 2.75) is 20.0 Å². The summed E-state index contributed by atoms with van der Waals surface area (Å²) >= 11 is 0. The van der Waals surface area contributed by atoms with Crippen LogP contribution in [0.3, 0.4) is 0 Å². The quantitative estimate of drug-likeness (QED) is 0.530. The maximum absolute atomic E-state index is 8.72. The van der Waals surface area contributed by atoms with E-state index in [2.05, 4.69) is 0 Å². The van der Waals surface area contributed by atoms with Crippen molar-refractivity contribution < 1.29 is 9.84 Å². The van der Waals surface area contributed by atoms with Crippen molar-refractivity contribution >= 4 is 0 Å². The fraction of sp³-hybridized carbons (Fsp3) is 1.00. The third kappa shape index (κ3) is 1.01. The van der Waals surface area contributed by atoms with Crippen molar-refractivity contribution in [2.75, 3.05) is 13.2 Å². The maximum atomic E-state index is 8.72. The molecule has 0 bridgehead atoms. The highest BCUT2D eigenvalue weighted by molar-refractivity contribution is 4.85. The van der Waals surface area contributed by atoms with Crippen LogP contribution in [-0.2, 0) is 4.74 Å². The van der Waals surface area contributed by atoms with E-state index in [0.717, 1.165) is 6.61 Å². The number of ether oxygens (including phenoxy) is 1. The molecule has 0 aromatic carbocycles. The Hall–Kier alpha value is -0.0800. The molecule has 0 aromatic heterocycles. The molecule has 0 unspecified atom stereocenters. The summed E-state index contributed by atoms with van der Waals surface area (Å²) in [4.78, 5) is 0. The lowest BCUT2D eigenvalue weighted by molar-refractivity contribution is 0.124. The average Bonchev–Trinajstić information content (AvgIpc) is 2.44. The lowest BCUT2D eigenvalue weighted by Gasteiger charge is -2.17. The Kier molecular flexibility index (Phi) is 1.29. The Morgan fingerprint density at radius 2 is 2.25 bits per heavy atom. The second kappa shape index (κ2) is 1.71. The standard InChI is InChI=1S/C6H12O2/c1-6(2,4-7)5-3-8-5/h5,7H,3-4H2,1-2H3/t5-/m0/s1. The van der Waals surface area contributed by atoms with Crippen molar-refractivity contribution in [1.29, 1.82) is 0 Å². The Bertz CT molecular complexity index is 84.5. The summed E-state index contributed by atoms with van der Waals surface area (Å²) in [5.41, 5.74) is -0.0139. The molecule has 1 saturated heterocycles. The van der Waals surface area contributed by atoms with E-state index in [1.807, 2.05) is 13.8 Å². The summed E-state index contributed by atoms with van der Waals surface area (Å²) < 4.78 is 5.00. The normalized spacial score (nSPS) is 28.1. The molecular formula is C6H12O2. The number of hydrogen-bond acceptors (Lipinski definition) is 2. The fourth-order valence-corrected chi connectivity index (χ4v) is 0.601. The second-order valence-electron chi connectivity index (χ2n) is 2.97. The Morgan fingerprint density at radius 3 is 2.38 bits per heavy atom. The average molecular weight is 116 g/mol. The third-order valence-corrected chi connectivity index (χ3v) is 1.61. The van der Waals surface area contributed by atoms with Crippen LogP contribution in [0.1, 0.15) is 13.8 Å². The minimum Gasteiger partial charge on any atom is -0.396 e. The first-order valence-electron chi connectivity index (χ1n) is 2.89. The van der Waals surface area contributed by atoms with E-state index in [0.29, 0.717) is 6.10 Å². The number of rotatable bonds is 2. The SMILES string of the molecule is CC(C)(CO)[C@@H]1CO1. The summed E-state index contributed by atoms with van der Waals surface area (Å²) in [5, 5.41) is 8.72. The zero-order chi connectivity index (χ0) is 6.20. The van der Waals surface area contributed by atoms with E-state index in [-0.39, 0.29) is 12.0 Å². The summed E-state index contributed by atoms with van der Waals surface area (Å²) in [6.45, 7) is 5.06. The number of hydrogen-bond donors (Lipinski definition) is 1. The van der Waals surface area contributed by atoms with Gasteiger partial charge in [0.1, 0.15) is 0 Å². The van der Waals surface area contributed by atoms with Crippen molar-refractivity contribution in [2.24, 2.45) is 5.41 Å². The van der Waals surface area contributed by atoms with Crippen LogP contribution in [0, 0.1) is 5.41 Å². The van der Waals surface area contributed by atoms with Crippen LogP contribution in [0.15, 0.2) is 0 Å². The van der Waals surface area contributed by atoms with Gasteiger partial charge in [0.2, 0.25) is 0 Å². The second-order valence-corrected chi connectivity index (χ2v) is 2.97. The topological polar surface area (TPSA) is 32.8 Å². The van der Waals surface area contributed by atoms with Gasteiger partial charge in [-0.2, -0.15) is 0 Å². The molecule has 0 spiro atoms. The van der Waals surface area contributed by atoms with Gasteiger partial charge >= 0.3 is 0 Å². The molecule has 2 nitrogen and oxygen atoms in total. The molecule has 1 N–H and O–H groups in total. The van der Waals surface area contributed by atoms with E-state index in [1.165, 1.54) is 0 Å². The number of aliphatic hydroxyl groups is 1. The maximum Gasteiger partial charge on any atom is 0.0882 e. The van der Waals surface area contributed by atoms with E-state index in [1.54, 1.807) is 0 Å². The van der Waals surface area contributed by atoms with Gasteiger partial charge in [-0.3, -0.25) is 0 Å². The van der Waals surface area contributed by atoms with Gasteiger partial charge in [-0.05, 0) is 0 Å². The van der Waals surface area contributed by atoms with Gasteiger partial charge in [0.15, 0.2) is 0 Å². The highest BCUT2D eigenvalue weighted by Gasteiger charge is 2.38. The molecule has 1 fully saturated rings. The van der Waals surface area contributed by atoms with Gasteiger partial charge in [0, 0.05) is 5.41 Å². The van der Waals surface area contributed by atoms with Crippen LogP contribution in [0.5, 0.6) is 0 Å². The monoisotopic (exact) mass is 116 g/mol. The Labute approximate surface area is 49.5 Å². The molecule has 0 aromatic rings. The minimum atomic E-state index is -0.0139. The van der Waals surface area contributed by atoms with Crippen LogP contribution < -0.4 is 0 Å². The first-order chi connectivity index (χ1) is 3.67. The lowest BCUT2D eigenvalue weighted by Crippen LogP contribution is -2.23. The predicted octanol–water partition coefficient (Wildman–Crippen LogP) is 0.404. The molecule has 48 valence electrons. The molecule has 1 atom stereocenters. The number of epoxide rings is 1. The lowest BCUT2D eigenvalue weighted by atomic mass is 9.91. The molecule has 8 heavy (non-hydrogen) atoms.